The normalized spacial score (nSPS) is 12.5. The second-order valence-corrected chi connectivity index (χ2v) is 17.5. The molecule has 0 bridgehead atoms. The van der Waals surface area contributed by atoms with Crippen LogP contribution in [-0.4, -0.2) is 37.2 Å². The summed E-state index contributed by atoms with van der Waals surface area (Å²) in [4.78, 5) is 37.7. The van der Waals surface area contributed by atoms with Crippen LogP contribution in [0.3, 0.4) is 0 Å². The monoisotopic (exact) mass is 779 g/mol. The van der Waals surface area contributed by atoms with Crippen LogP contribution < -0.4 is 0 Å². The standard InChI is InChI=1S/C49H94O6/c1-6-8-9-10-11-12-20-24-31-36-41-49(52)55-46(43-54-48(51)40-35-30-26-25-28-33-38-45(5)7-2)42-53-47(50)39-34-29-23-21-18-16-14-13-15-17-19-22-27-32-37-44(3)4/h44-46H,6-43H2,1-5H3/t45?,46-/m0/s1. The van der Waals surface area contributed by atoms with Crippen LogP contribution in [0.1, 0.15) is 266 Å². The molecule has 326 valence electrons. The van der Waals surface area contributed by atoms with E-state index in [-0.39, 0.29) is 31.1 Å². The van der Waals surface area contributed by atoms with Gasteiger partial charge in [0.05, 0.1) is 0 Å². The van der Waals surface area contributed by atoms with E-state index in [2.05, 4.69) is 34.6 Å². The van der Waals surface area contributed by atoms with Gasteiger partial charge in [0.25, 0.3) is 0 Å². The quantitative estimate of drug-likeness (QED) is 0.0348. The highest BCUT2D eigenvalue weighted by Crippen LogP contribution is 2.17. The number of unbranched alkanes of at least 4 members (excludes halogenated alkanes) is 27. The maximum atomic E-state index is 12.7. The molecule has 2 atom stereocenters. The molecule has 0 aromatic carbocycles. The molecule has 0 saturated heterocycles. The van der Waals surface area contributed by atoms with Crippen LogP contribution in [-0.2, 0) is 28.6 Å². The van der Waals surface area contributed by atoms with Gasteiger partial charge < -0.3 is 14.2 Å². The molecule has 6 nitrogen and oxygen atoms in total. The Hall–Kier alpha value is -1.59. The molecule has 1 unspecified atom stereocenters. The summed E-state index contributed by atoms with van der Waals surface area (Å²) in [5.41, 5.74) is 0. The third-order valence-electron chi connectivity index (χ3n) is 11.3. The van der Waals surface area contributed by atoms with Gasteiger partial charge in [-0.2, -0.15) is 0 Å². The first kappa shape index (κ1) is 53.4. The van der Waals surface area contributed by atoms with Gasteiger partial charge in [0.2, 0.25) is 0 Å². The largest absolute Gasteiger partial charge is 0.462 e. The summed E-state index contributed by atoms with van der Waals surface area (Å²) in [6, 6.07) is 0. The number of rotatable bonds is 43. The summed E-state index contributed by atoms with van der Waals surface area (Å²) in [6.07, 6.45) is 40.9. The molecular formula is C49H94O6. The van der Waals surface area contributed by atoms with Crippen molar-refractivity contribution in [2.45, 2.75) is 272 Å². The Morgan fingerprint density at radius 3 is 1.04 bits per heavy atom. The third-order valence-corrected chi connectivity index (χ3v) is 11.3. The molecular weight excluding hydrogens is 685 g/mol. The average molecular weight is 779 g/mol. The lowest BCUT2D eigenvalue weighted by Gasteiger charge is -2.18. The Kier molecular flexibility index (Phi) is 40.8. The van der Waals surface area contributed by atoms with Crippen molar-refractivity contribution in [3.63, 3.8) is 0 Å². The number of carbonyl (C=O) groups is 3. The van der Waals surface area contributed by atoms with Crippen LogP contribution in [0.4, 0.5) is 0 Å². The van der Waals surface area contributed by atoms with E-state index in [9.17, 15) is 14.4 Å². The van der Waals surface area contributed by atoms with Crippen molar-refractivity contribution in [2.24, 2.45) is 11.8 Å². The Balaban J connectivity index is 4.26. The summed E-state index contributed by atoms with van der Waals surface area (Å²) >= 11 is 0. The smallest absolute Gasteiger partial charge is 0.306 e. The zero-order valence-electron chi connectivity index (χ0n) is 37.6. The molecule has 55 heavy (non-hydrogen) atoms. The number of esters is 3. The fourth-order valence-corrected chi connectivity index (χ4v) is 7.25. The van der Waals surface area contributed by atoms with Crippen LogP contribution in [0.5, 0.6) is 0 Å². The van der Waals surface area contributed by atoms with Gasteiger partial charge in [0.15, 0.2) is 6.10 Å². The molecule has 6 heteroatoms. The van der Waals surface area contributed by atoms with Gasteiger partial charge in [-0.25, -0.2) is 0 Å². The van der Waals surface area contributed by atoms with Gasteiger partial charge in [-0.1, -0.05) is 227 Å². The molecule has 0 saturated carbocycles. The molecule has 0 aromatic heterocycles. The Bertz CT molecular complexity index is 841. The van der Waals surface area contributed by atoms with Crippen molar-refractivity contribution in [1.29, 1.82) is 0 Å². The SMILES string of the molecule is CCCCCCCCCCCCC(=O)O[C@@H](COC(=O)CCCCCCCCCCCCCCCCC(C)C)COC(=O)CCCCCCCCC(C)CC. The fourth-order valence-electron chi connectivity index (χ4n) is 7.25. The lowest BCUT2D eigenvalue weighted by Crippen LogP contribution is -2.30. The first-order chi connectivity index (χ1) is 26.8. The van der Waals surface area contributed by atoms with Crippen molar-refractivity contribution in [2.75, 3.05) is 13.2 Å². The van der Waals surface area contributed by atoms with Crippen molar-refractivity contribution >= 4 is 17.9 Å². The van der Waals surface area contributed by atoms with Gasteiger partial charge in [0, 0.05) is 19.3 Å². The third kappa shape index (κ3) is 41.9. The minimum Gasteiger partial charge on any atom is -0.462 e. The van der Waals surface area contributed by atoms with Crippen LogP contribution in [0, 0.1) is 11.8 Å². The summed E-state index contributed by atoms with van der Waals surface area (Å²) < 4.78 is 16.7. The van der Waals surface area contributed by atoms with E-state index in [0.717, 1.165) is 69.6 Å². The van der Waals surface area contributed by atoms with Crippen molar-refractivity contribution < 1.29 is 28.6 Å². The van der Waals surface area contributed by atoms with E-state index < -0.39 is 6.10 Å². The Labute approximate surface area is 342 Å². The summed E-state index contributed by atoms with van der Waals surface area (Å²) in [6.45, 7) is 11.3. The van der Waals surface area contributed by atoms with Crippen LogP contribution >= 0.6 is 0 Å². The fraction of sp³-hybridized carbons (Fsp3) is 0.939. The Morgan fingerprint density at radius 2 is 0.691 bits per heavy atom. The van der Waals surface area contributed by atoms with Crippen molar-refractivity contribution in [1.82, 2.24) is 0 Å². The highest BCUT2D eigenvalue weighted by Gasteiger charge is 2.19. The van der Waals surface area contributed by atoms with Gasteiger partial charge in [-0.05, 0) is 31.1 Å². The molecule has 0 aliphatic rings. The lowest BCUT2D eigenvalue weighted by atomic mass is 10.00. The summed E-state index contributed by atoms with van der Waals surface area (Å²) in [5, 5.41) is 0. The molecule has 0 aliphatic heterocycles. The van der Waals surface area contributed by atoms with E-state index >= 15 is 0 Å². The lowest BCUT2D eigenvalue weighted by molar-refractivity contribution is -0.167. The predicted octanol–water partition coefficient (Wildman–Crippen LogP) is 15.4. The summed E-state index contributed by atoms with van der Waals surface area (Å²) in [5.74, 6) is 0.802. The highest BCUT2D eigenvalue weighted by atomic mass is 16.6. The molecule has 0 fully saturated rings. The average Bonchev–Trinajstić information content (AvgIpc) is 3.17. The topological polar surface area (TPSA) is 78.9 Å². The molecule has 0 rings (SSSR count). The number of ether oxygens (including phenoxy) is 3. The Morgan fingerprint density at radius 1 is 0.382 bits per heavy atom. The maximum Gasteiger partial charge on any atom is 0.306 e. The van der Waals surface area contributed by atoms with Gasteiger partial charge in [-0.15, -0.1) is 0 Å². The molecule has 0 amide bonds. The van der Waals surface area contributed by atoms with E-state index in [0.29, 0.717) is 19.3 Å². The predicted molar refractivity (Wildman–Crippen MR) is 233 cm³/mol. The number of carbonyl (C=O) groups excluding carboxylic acids is 3. The van der Waals surface area contributed by atoms with E-state index in [1.807, 2.05) is 0 Å². The first-order valence-corrected chi connectivity index (χ1v) is 24.3. The van der Waals surface area contributed by atoms with Crippen LogP contribution in [0.15, 0.2) is 0 Å². The van der Waals surface area contributed by atoms with E-state index in [4.69, 9.17) is 14.2 Å². The summed E-state index contributed by atoms with van der Waals surface area (Å²) in [7, 11) is 0. The second kappa shape index (κ2) is 42.0. The van der Waals surface area contributed by atoms with Gasteiger partial charge >= 0.3 is 17.9 Å². The number of hydrogen-bond donors (Lipinski definition) is 0. The van der Waals surface area contributed by atoms with Gasteiger partial charge in [-0.3, -0.25) is 14.4 Å². The van der Waals surface area contributed by atoms with E-state index in [1.54, 1.807) is 0 Å². The zero-order chi connectivity index (χ0) is 40.5. The van der Waals surface area contributed by atoms with Crippen molar-refractivity contribution in [3.05, 3.63) is 0 Å². The minimum atomic E-state index is -0.760. The van der Waals surface area contributed by atoms with Gasteiger partial charge in [0.1, 0.15) is 13.2 Å². The zero-order valence-corrected chi connectivity index (χ0v) is 37.6. The molecule has 0 radical (unpaired) electrons. The molecule has 0 aliphatic carbocycles. The molecule has 0 aromatic rings. The van der Waals surface area contributed by atoms with Crippen LogP contribution in [0.2, 0.25) is 0 Å². The molecule has 0 spiro atoms. The van der Waals surface area contributed by atoms with Crippen molar-refractivity contribution in [3.8, 4) is 0 Å². The van der Waals surface area contributed by atoms with E-state index in [1.165, 1.54) is 154 Å². The molecule has 0 heterocycles. The molecule has 0 N–H and O–H groups in total. The van der Waals surface area contributed by atoms with Crippen LogP contribution in [0.25, 0.3) is 0 Å². The number of hydrogen-bond acceptors (Lipinski definition) is 6. The highest BCUT2D eigenvalue weighted by molar-refractivity contribution is 5.71. The maximum absolute atomic E-state index is 12.7. The first-order valence-electron chi connectivity index (χ1n) is 24.3. The second-order valence-electron chi connectivity index (χ2n) is 17.5. The minimum absolute atomic E-state index is 0.0648.